The fourth-order valence-corrected chi connectivity index (χ4v) is 12.1. The third-order valence-corrected chi connectivity index (χ3v) is 16.1. The van der Waals surface area contributed by atoms with E-state index in [-0.39, 0.29) is 32.2 Å². The molecule has 0 unspecified atom stereocenters. The maximum absolute atomic E-state index is 13.6. The predicted octanol–water partition coefficient (Wildman–Crippen LogP) is 14.5. The highest BCUT2D eigenvalue weighted by molar-refractivity contribution is 9.10. The number of pyridine rings is 2. The average molecular weight is 1180 g/mol. The summed E-state index contributed by atoms with van der Waals surface area (Å²) in [5.41, 5.74) is 3.25. The van der Waals surface area contributed by atoms with Crippen molar-refractivity contribution in [3.63, 3.8) is 0 Å². The van der Waals surface area contributed by atoms with Gasteiger partial charge in [0, 0.05) is 70.5 Å². The minimum Gasteiger partial charge on any atom is -0.465 e. The first-order valence-corrected chi connectivity index (χ1v) is 28.5. The smallest absolute Gasteiger partial charge is 0.416 e. The number of carbonyl (C=O) groups is 3. The number of alkyl halides is 6. The molecule has 3 aromatic heterocycles. The quantitative estimate of drug-likeness (QED) is 0.0531. The van der Waals surface area contributed by atoms with Crippen molar-refractivity contribution < 1.29 is 54.9 Å². The molecule has 2 saturated carbocycles. The molecule has 80 heavy (non-hydrogen) atoms. The van der Waals surface area contributed by atoms with Crippen LogP contribution in [0.25, 0.3) is 11.1 Å². The number of hydrogen-bond acceptors (Lipinski definition) is 11. The number of aromatic nitrogens is 4. The van der Waals surface area contributed by atoms with E-state index in [0.717, 1.165) is 114 Å². The van der Waals surface area contributed by atoms with E-state index in [1.807, 2.05) is 19.1 Å². The van der Waals surface area contributed by atoms with Crippen LogP contribution in [0.3, 0.4) is 0 Å². The molecule has 5 heterocycles. The summed E-state index contributed by atoms with van der Waals surface area (Å²) in [6.45, 7) is 15.0. The summed E-state index contributed by atoms with van der Waals surface area (Å²) < 4.78 is 99.6. The topological polar surface area (TPSA) is 135 Å². The first-order chi connectivity index (χ1) is 38.1. The Morgan fingerprint density at radius 2 is 1.11 bits per heavy atom. The summed E-state index contributed by atoms with van der Waals surface area (Å²) in [6, 6.07) is 11.3. The maximum Gasteiger partial charge on any atom is 0.416 e. The minimum atomic E-state index is -4.51. The fourth-order valence-electron chi connectivity index (χ4n) is 11.7. The average Bonchev–Trinajstić information content (AvgIpc) is 4.13. The second kappa shape index (κ2) is 25.6. The molecule has 0 N–H and O–H groups in total. The number of anilines is 2. The van der Waals surface area contributed by atoms with Crippen LogP contribution in [-0.4, -0.2) is 91.6 Å². The summed E-state index contributed by atoms with van der Waals surface area (Å²) >= 11 is 3.50. The molecule has 9 rings (SSSR count). The van der Waals surface area contributed by atoms with Gasteiger partial charge in [0.25, 0.3) is 0 Å². The summed E-state index contributed by atoms with van der Waals surface area (Å²) in [4.78, 5) is 55.6. The van der Waals surface area contributed by atoms with Crippen LogP contribution in [0.2, 0.25) is 0 Å². The van der Waals surface area contributed by atoms with Gasteiger partial charge in [-0.1, -0.05) is 61.8 Å². The lowest BCUT2D eigenvalue weighted by Crippen LogP contribution is -2.39. The highest BCUT2D eigenvalue weighted by atomic mass is 79.9. The first kappa shape index (κ1) is 59.7. The molecule has 14 nitrogen and oxygen atoms in total. The molecule has 2 aliphatic carbocycles. The summed E-state index contributed by atoms with van der Waals surface area (Å²) in [7, 11) is 0. The second-order valence-corrected chi connectivity index (χ2v) is 22.3. The Kier molecular flexibility index (Phi) is 19.1. The van der Waals surface area contributed by atoms with Crippen LogP contribution in [-0.2, 0) is 51.0 Å². The van der Waals surface area contributed by atoms with Crippen LogP contribution in [0.5, 0.6) is 0 Å². The van der Waals surface area contributed by atoms with Crippen LogP contribution in [0.4, 0.5) is 47.6 Å². The van der Waals surface area contributed by atoms with Gasteiger partial charge < -0.3 is 24.0 Å². The standard InChI is InChI=1S/C33H40F3N5O4.C26H31BrF3N3O2/c1-5-40(28-10-8-7-9-11-28)31-25(14-24(16-37-31)26-17-38-39(18-26)20-29(42)44-6-2)19-41-22(4)30(45-32(41)43)23-12-21(3)13-27(15-23)33(34,35)36;1-4-32(22-8-6-5-7-9-22)24-19(13-21(27)14-31-24)15-33-17(3)23(35-25(33)34)18-10-16(2)11-20(12-18)26(28,29)30/h12-18,22,28,30H,5-11,19-20H2,1-4H3;10-14,17,22-23H,4-9,15H2,1-3H3/t22-,30-;17-,23-/m00/s1. The molecule has 0 spiro atoms. The van der Waals surface area contributed by atoms with E-state index in [4.69, 9.17) is 24.2 Å². The highest BCUT2D eigenvalue weighted by Gasteiger charge is 2.44. The second-order valence-electron chi connectivity index (χ2n) is 21.3. The number of ether oxygens (including phenoxy) is 3. The van der Waals surface area contributed by atoms with E-state index in [1.54, 1.807) is 74.4 Å². The van der Waals surface area contributed by atoms with Gasteiger partial charge >= 0.3 is 30.5 Å². The van der Waals surface area contributed by atoms with E-state index in [0.29, 0.717) is 34.3 Å². The Hall–Kier alpha value is -6.38. The molecule has 2 aliphatic heterocycles. The van der Waals surface area contributed by atoms with Crippen molar-refractivity contribution in [1.82, 2.24) is 29.5 Å². The number of cyclic esters (lactones) is 2. The number of benzene rings is 2. The van der Waals surface area contributed by atoms with Gasteiger partial charge in [-0.2, -0.15) is 31.4 Å². The Labute approximate surface area is 472 Å². The van der Waals surface area contributed by atoms with Crippen molar-refractivity contribution >= 4 is 45.7 Å². The first-order valence-electron chi connectivity index (χ1n) is 27.7. The Bertz CT molecular complexity index is 2980. The number of esters is 1. The van der Waals surface area contributed by atoms with Crippen molar-refractivity contribution in [1.29, 1.82) is 0 Å². The van der Waals surface area contributed by atoms with Crippen molar-refractivity contribution in [2.45, 2.75) is 181 Å². The summed E-state index contributed by atoms with van der Waals surface area (Å²) in [6.07, 6.45) is 6.64. The van der Waals surface area contributed by atoms with Gasteiger partial charge in [0.15, 0.2) is 0 Å². The van der Waals surface area contributed by atoms with Crippen molar-refractivity contribution in [3.05, 3.63) is 122 Å². The number of amides is 2. The summed E-state index contributed by atoms with van der Waals surface area (Å²) in [5.74, 6) is 1.23. The van der Waals surface area contributed by atoms with Gasteiger partial charge in [-0.25, -0.2) is 19.6 Å². The molecular formula is C59H71BrF6N8O6. The van der Waals surface area contributed by atoms with E-state index in [1.165, 1.54) is 30.4 Å². The Morgan fingerprint density at radius 1 is 0.650 bits per heavy atom. The molecule has 4 aliphatic rings. The third-order valence-electron chi connectivity index (χ3n) is 15.6. The van der Waals surface area contributed by atoms with Crippen LogP contribution in [0.15, 0.2) is 77.8 Å². The van der Waals surface area contributed by atoms with E-state index in [9.17, 15) is 40.7 Å². The zero-order valence-corrected chi connectivity index (χ0v) is 48.0. The maximum atomic E-state index is 13.6. The molecular weight excluding hydrogens is 1110 g/mol. The summed E-state index contributed by atoms with van der Waals surface area (Å²) in [5, 5.41) is 4.31. The molecule has 21 heteroatoms. The van der Waals surface area contributed by atoms with E-state index < -0.39 is 60.0 Å². The van der Waals surface area contributed by atoms with Crippen LogP contribution >= 0.6 is 15.9 Å². The fraction of sp³-hybridized carbons (Fsp3) is 0.525. The monoisotopic (exact) mass is 1180 g/mol. The van der Waals surface area contributed by atoms with Gasteiger partial charge in [0.2, 0.25) is 0 Å². The number of carbonyl (C=O) groups excluding carboxylic acids is 3. The lowest BCUT2D eigenvalue weighted by Gasteiger charge is -2.36. The molecule has 5 aromatic rings. The van der Waals surface area contributed by atoms with Crippen molar-refractivity contribution in [2.75, 3.05) is 29.5 Å². The van der Waals surface area contributed by atoms with Gasteiger partial charge in [-0.05, 0) is 138 Å². The highest BCUT2D eigenvalue weighted by Crippen LogP contribution is 2.42. The molecule has 4 atom stereocenters. The van der Waals surface area contributed by atoms with Gasteiger partial charge in [0.05, 0.1) is 49.1 Å². The number of rotatable bonds is 16. The van der Waals surface area contributed by atoms with Crippen LogP contribution < -0.4 is 9.80 Å². The molecule has 432 valence electrons. The zero-order valence-electron chi connectivity index (χ0n) is 46.4. The number of nitrogens with zero attached hydrogens (tertiary/aromatic N) is 8. The molecule has 0 bridgehead atoms. The van der Waals surface area contributed by atoms with E-state index in [2.05, 4.69) is 44.7 Å². The van der Waals surface area contributed by atoms with Gasteiger partial charge in [-0.3, -0.25) is 19.3 Å². The SMILES string of the molecule is CCN(c1ncc(Br)cc1CN1C(=O)O[C@H](c2cc(C)cc(C(F)(F)F)c2)[C@@H]1C)C1CCCCC1.CCOC(=O)Cn1cc(-c2cnc(N(CC)C3CCCCC3)c(CN3C(=O)O[C@H](c4cc(C)cc(C(F)(F)F)c4)[C@@H]3C)c2)cn1. The van der Waals surface area contributed by atoms with Gasteiger partial charge in [0.1, 0.15) is 30.4 Å². The van der Waals surface area contributed by atoms with Crippen LogP contribution in [0, 0.1) is 13.8 Å². The molecule has 4 fully saturated rings. The Morgan fingerprint density at radius 3 is 1.56 bits per heavy atom. The third kappa shape index (κ3) is 14.0. The normalized spacial score (nSPS) is 20.1. The van der Waals surface area contributed by atoms with Crippen LogP contribution in [0.1, 0.15) is 156 Å². The predicted molar refractivity (Wildman–Crippen MR) is 295 cm³/mol. The molecule has 2 saturated heterocycles. The number of hydrogen-bond donors (Lipinski definition) is 0. The molecule has 2 amide bonds. The largest absolute Gasteiger partial charge is 0.465 e. The zero-order chi connectivity index (χ0) is 57.6. The molecule has 0 radical (unpaired) electrons. The Balaban J connectivity index is 0.000000217. The lowest BCUT2D eigenvalue weighted by molar-refractivity contribution is -0.144. The van der Waals surface area contributed by atoms with Crippen molar-refractivity contribution in [2.24, 2.45) is 0 Å². The van der Waals surface area contributed by atoms with Gasteiger partial charge in [-0.15, -0.1) is 0 Å². The lowest BCUT2D eigenvalue weighted by atomic mass is 9.93. The number of halogens is 7. The minimum absolute atomic E-state index is 0.0228. The van der Waals surface area contributed by atoms with E-state index >= 15 is 0 Å². The number of aryl methyl sites for hydroxylation is 2. The molecule has 2 aromatic carbocycles. The van der Waals surface area contributed by atoms with Crippen molar-refractivity contribution in [3.8, 4) is 11.1 Å².